The first kappa shape index (κ1) is 15.8. The normalized spacial score (nSPS) is 16.6. The zero-order valence-corrected chi connectivity index (χ0v) is 14.3. The largest absolute Gasteiger partial charge is 0.486 e. The maximum atomic E-state index is 5.79. The third-order valence-electron chi connectivity index (χ3n) is 4.61. The van der Waals surface area contributed by atoms with E-state index >= 15 is 0 Å². The highest BCUT2D eigenvalue weighted by Crippen LogP contribution is 2.15. The molecule has 1 aliphatic rings. The summed E-state index contributed by atoms with van der Waals surface area (Å²) in [7, 11) is 1.97. The van der Waals surface area contributed by atoms with Crippen LogP contribution in [0, 0.1) is 0 Å². The van der Waals surface area contributed by atoms with E-state index in [0.29, 0.717) is 12.6 Å². The molecule has 1 N–H and O–H groups in total. The summed E-state index contributed by atoms with van der Waals surface area (Å²) in [6.07, 6.45) is 7.42. The van der Waals surface area contributed by atoms with Crippen LogP contribution in [-0.2, 0) is 33.2 Å². The summed E-state index contributed by atoms with van der Waals surface area (Å²) in [5, 5.41) is 7.87. The van der Waals surface area contributed by atoms with Crippen LogP contribution in [0.5, 0.6) is 5.75 Å². The monoisotopic (exact) mass is 338 g/mol. The van der Waals surface area contributed by atoms with Gasteiger partial charge in [0.1, 0.15) is 30.3 Å². The van der Waals surface area contributed by atoms with Crippen molar-refractivity contribution >= 4 is 0 Å². The molecule has 0 saturated carbocycles. The summed E-state index contributed by atoms with van der Waals surface area (Å²) < 4.78 is 9.75. The summed E-state index contributed by atoms with van der Waals surface area (Å²) >= 11 is 0. The van der Waals surface area contributed by atoms with E-state index in [2.05, 4.69) is 32.5 Å². The van der Waals surface area contributed by atoms with Gasteiger partial charge in [0.2, 0.25) is 0 Å². The van der Waals surface area contributed by atoms with Gasteiger partial charge in [-0.25, -0.2) is 14.6 Å². The predicted octanol–water partition coefficient (Wildman–Crippen LogP) is 1.70. The molecule has 0 aliphatic carbocycles. The van der Waals surface area contributed by atoms with Crippen LogP contribution < -0.4 is 10.1 Å². The first-order valence-corrected chi connectivity index (χ1v) is 8.56. The number of hydrogen-bond donors (Lipinski definition) is 1. The number of nitrogens with zero attached hydrogens (tertiary/aromatic N) is 5. The lowest BCUT2D eigenvalue weighted by Gasteiger charge is -2.23. The van der Waals surface area contributed by atoms with Gasteiger partial charge in [-0.1, -0.05) is 12.1 Å². The van der Waals surface area contributed by atoms with Crippen LogP contribution in [0.2, 0.25) is 0 Å². The van der Waals surface area contributed by atoms with Gasteiger partial charge in [0, 0.05) is 38.4 Å². The second-order valence-corrected chi connectivity index (χ2v) is 6.36. The average molecular weight is 338 g/mol. The third kappa shape index (κ3) is 3.71. The van der Waals surface area contributed by atoms with E-state index in [1.165, 1.54) is 5.56 Å². The van der Waals surface area contributed by atoms with Crippen molar-refractivity contribution in [3.8, 4) is 5.75 Å². The van der Waals surface area contributed by atoms with Crippen molar-refractivity contribution < 1.29 is 4.74 Å². The van der Waals surface area contributed by atoms with E-state index in [1.807, 2.05) is 34.6 Å². The number of benzene rings is 1. The molecule has 0 amide bonds. The van der Waals surface area contributed by atoms with Crippen molar-refractivity contribution in [3.05, 3.63) is 60.2 Å². The van der Waals surface area contributed by atoms with Gasteiger partial charge >= 0.3 is 0 Å². The molecule has 0 unspecified atom stereocenters. The SMILES string of the molecule is Cn1ccnc1COc1ccc(CN[C@H]2CCc3ncnn3C2)cc1. The van der Waals surface area contributed by atoms with Crippen molar-refractivity contribution in [2.24, 2.45) is 7.05 Å². The number of ether oxygens (including phenoxy) is 1. The maximum absolute atomic E-state index is 5.79. The van der Waals surface area contributed by atoms with Gasteiger partial charge in [-0.15, -0.1) is 0 Å². The Balaban J connectivity index is 1.27. The minimum Gasteiger partial charge on any atom is -0.486 e. The number of fused-ring (bicyclic) bond motifs is 1. The molecule has 0 saturated heterocycles. The Morgan fingerprint density at radius 2 is 2.12 bits per heavy atom. The maximum Gasteiger partial charge on any atom is 0.146 e. The van der Waals surface area contributed by atoms with Gasteiger partial charge in [0.05, 0.1) is 6.54 Å². The first-order valence-electron chi connectivity index (χ1n) is 8.56. The minimum absolute atomic E-state index is 0.438. The molecule has 3 aromatic rings. The fourth-order valence-electron chi connectivity index (χ4n) is 3.05. The number of rotatable bonds is 6. The summed E-state index contributed by atoms with van der Waals surface area (Å²) in [5.41, 5.74) is 1.24. The van der Waals surface area contributed by atoms with E-state index in [9.17, 15) is 0 Å². The summed E-state index contributed by atoms with van der Waals surface area (Å²) in [4.78, 5) is 8.52. The van der Waals surface area contributed by atoms with Crippen molar-refractivity contribution in [3.63, 3.8) is 0 Å². The molecular weight excluding hydrogens is 316 g/mol. The second-order valence-electron chi connectivity index (χ2n) is 6.36. The molecule has 7 nitrogen and oxygen atoms in total. The molecule has 4 rings (SSSR count). The molecule has 3 heterocycles. The molecule has 25 heavy (non-hydrogen) atoms. The number of aryl methyl sites for hydroxylation is 2. The molecule has 0 spiro atoms. The third-order valence-corrected chi connectivity index (χ3v) is 4.61. The number of hydrogen-bond acceptors (Lipinski definition) is 5. The second kappa shape index (κ2) is 7.06. The molecule has 7 heteroatoms. The van der Waals surface area contributed by atoms with Crippen LogP contribution >= 0.6 is 0 Å². The summed E-state index contributed by atoms with van der Waals surface area (Å²) in [6, 6.07) is 8.66. The Bertz CT molecular complexity index is 822. The molecule has 2 aromatic heterocycles. The van der Waals surface area contributed by atoms with Crippen molar-refractivity contribution in [2.45, 2.75) is 38.6 Å². The van der Waals surface area contributed by atoms with E-state index in [4.69, 9.17) is 4.74 Å². The van der Waals surface area contributed by atoms with Crippen LogP contribution in [0.1, 0.15) is 23.6 Å². The van der Waals surface area contributed by atoms with Crippen LogP contribution in [-0.4, -0.2) is 30.4 Å². The molecule has 1 aromatic carbocycles. The van der Waals surface area contributed by atoms with Crippen molar-refractivity contribution in [1.29, 1.82) is 0 Å². The zero-order chi connectivity index (χ0) is 17.1. The number of imidazole rings is 1. The topological polar surface area (TPSA) is 69.8 Å². The van der Waals surface area contributed by atoms with E-state index in [-0.39, 0.29) is 0 Å². The Kier molecular flexibility index (Phi) is 4.47. The lowest BCUT2D eigenvalue weighted by atomic mass is 10.1. The molecule has 1 aliphatic heterocycles. The lowest BCUT2D eigenvalue weighted by molar-refractivity contribution is 0.291. The Morgan fingerprint density at radius 1 is 1.24 bits per heavy atom. The fraction of sp³-hybridized carbons (Fsp3) is 0.389. The predicted molar refractivity (Wildman–Crippen MR) is 93.0 cm³/mol. The zero-order valence-electron chi connectivity index (χ0n) is 14.3. The Hall–Kier alpha value is -2.67. The summed E-state index contributed by atoms with van der Waals surface area (Å²) in [6.45, 7) is 2.21. The number of aromatic nitrogens is 5. The van der Waals surface area contributed by atoms with Crippen molar-refractivity contribution in [2.75, 3.05) is 0 Å². The molecule has 0 fully saturated rings. The first-order chi connectivity index (χ1) is 12.3. The number of nitrogens with one attached hydrogen (secondary N) is 1. The van der Waals surface area contributed by atoms with Crippen LogP contribution in [0.25, 0.3) is 0 Å². The van der Waals surface area contributed by atoms with Gasteiger partial charge in [0.15, 0.2) is 0 Å². The van der Waals surface area contributed by atoms with Gasteiger partial charge in [-0.3, -0.25) is 0 Å². The molecule has 0 radical (unpaired) electrons. The van der Waals surface area contributed by atoms with E-state index in [0.717, 1.165) is 43.3 Å². The highest BCUT2D eigenvalue weighted by molar-refractivity contribution is 5.27. The molecular formula is C18H22N6O. The highest BCUT2D eigenvalue weighted by Gasteiger charge is 2.19. The highest BCUT2D eigenvalue weighted by atomic mass is 16.5. The van der Waals surface area contributed by atoms with Crippen molar-refractivity contribution in [1.82, 2.24) is 29.6 Å². The lowest BCUT2D eigenvalue weighted by Crippen LogP contribution is -2.37. The minimum atomic E-state index is 0.438. The Labute approximate surface area is 146 Å². The van der Waals surface area contributed by atoms with Gasteiger partial charge in [-0.2, -0.15) is 5.10 Å². The Morgan fingerprint density at radius 3 is 2.92 bits per heavy atom. The van der Waals surface area contributed by atoms with Crippen LogP contribution in [0.15, 0.2) is 43.0 Å². The van der Waals surface area contributed by atoms with E-state index in [1.54, 1.807) is 12.5 Å². The molecule has 130 valence electrons. The van der Waals surface area contributed by atoms with Crippen LogP contribution in [0.3, 0.4) is 0 Å². The molecule has 0 bridgehead atoms. The van der Waals surface area contributed by atoms with Gasteiger partial charge in [-0.05, 0) is 24.1 Å². The quantitative estimate of drug-likeness (QED) is 0.741. The molecule has 1 atom stereocenters. The van der Waals surface area contributed by atoms with Gasteiger partial charge in [0.25, 0.3) is 0 Å². The smallest absolute Gasteiger partial charge is 0.146 e. The van der Waals surface area contributed by atoms with Crippen LogP contribution in [0.4, 0.5) is 0 Å². The van der Waals surface area contributed by atoms with E-state index < -0.39 is 0 Å². The average Bonchev–Trinajstić information content (AvgIpc) is 3.27. The van der Waals surface area contributed by atoms with Gasteiger partial charge < -0.3 is 14.6 Å². The summed E-state index contributed by atoms with van der Waals surface area (Å²) in [5.74, 6) is 2.86. The standard InChI is InChI=1S/C18H22N6O/c1-23-9-8-19-18(23)12-25-16-5-2-14(3-6-16)10-20-15-4-7-17-21-13-22-24(17)11-15/h2-3,5-6,8-9,13,15,20H,4,7,10-12H2,1H3/t15-/m0/s1. The fourth-order valence-corrected chi connectivity index (χ4v) is 3.05.